The molecule has 1 aliphatic heterocycles. The number of aliphatic imine (C=N–C) groups is 1. The van der Waals surface area contributed by atoms with Gasteiger partial charge in [0.2, 0.25) is 0 Å². The monoisotopic (exact) mass is 250 g/mol. The molecule has 0 bridgehead atoms. The molecule has 1 saturated heterocycles. The lowest BCUT2D eigenvalue weighted by Crippen LogP contribution is -2.28. The van der Waals surface area contributed by atoms with Gasteiger partial charge in [0.25, 0.3) is 5.91 Å². The molecule has 0 aromatic carbocycles. The Morgan fingerprint density at radius 1 is 1.53 bits per heavy atom. The Bertz CT molecular complexity index is 463. The Morgan fingerprint density at radius 3 is 2.94 bits per heavy atom. The van der Waals surface area contributed by atoms with Crippen LogP contribution in [0.25, 0.3) is 6.08 Å². The molecule has 1 fully saturated rings. The van der Waals surface area contributed by atoms with Gasteiger partial charge in [0.1, 0.15) is 5.76 Å². The standard InChI is InChI=1S/C12H14N2O2S/c1-3-13-12-14(4-2)11(15)10(17-12)8-9-6-5-7-16-9/h5-8H,3-4H2,1-2H3/b10-8+,13-12?. The summed E-state index contributed by atoms with van der Waals surface area (Å²) in [6.07, 6.45) is 3.35. The van der Waals surface area contributed by atoms with Gasteiger partial charge in [0.15, 0.2) is 5.17 Å². The van der Waals surface area contributed by atoms with Crippen LogP contribution in [0.1, 0.15) is 19.6 Å². The topological polar surface area (TPSA) is 45.8 Å². The fourth-order valence-electron chi connectivity index (χ4n) is 1.54. The third-order valence-electron chi connectivity index (χ3n) is 2.31. The lowest BCUT2D eigenvalue weighted by molar-refractivity contribution is -0.122. The second kappa shape index (κ2) is 5.23. The molecule has 1 aliphatic rings. The third kappa shape index (κ3) is 2.44. The van der Waals surface area contributed by atoms with Crippen LogP contribution in [0.15, 0.2) is 32.7 Å². The Balaban J connectivity index is 2.27. The highest BCUT2D eigenvalue weighted by Gasteiger charge is 2.31. The zero-order chi connectivity index (χ0) is 12.3. The summed E-state index contributed by atoms with van der Waals surface area (Å²) in [5.41, 5.74) is 0. The fraction of sp³-hybridized carbons (Fsp3) is 0.333. The smallest absolute Gasteiger partial charge is 0.266 e. The number of furan rings is 1. The fourth-order valence-corrected chi connectivity index (χ4v) is 2.63. The molecule has 90 valence electrons. The number of rotatable bonds is 3. The van der Waals surface area contributed by atoms with Crippen molar-refractivity contribution in [3.8, 4) is 0 Å². The lowest BCUT2D eigenvalue weighted by atomic mass is 10.3. The highest BCUT2D eigenvalue weighted by atomic mass is 32.2. The number of thioether (sulfide) groups is 1. The van der Waals surface area contributed by atoms with Crippen molar-refractivity contribution in [3.05, 3.63) is 29.1 Å². The Morgan fingerprint density at radius 2 is 2.35 bits per heavy atom. The highest BCUT2D eigenvalue weighted by molar-refractivity contribution is 8.18. The molecule has 2 heterocycles. The van der Waals surface area contributed by atoms with E-state index in [2.05, 4.69) is 4.99 Å². The van der Waals surface area contributed by atoms with Crippen molar-refractivity contribution in [2.75, 3.05) is 13.1 Å². The van der Waals surface area contributed by atoms with Gasteiger partial charge in [-0.15, -0.1) is 0 Å². The number of nitrogens with zero attached hydrogens (tertiary/aromatic N) is 2. The number of hydrogen-bond donors (Lipinski definition) is 0. The normalized spacial score (nSPS) is 20.8. The van der Waals surface area contributed by atoms with Crippen LogP contribution in [-0.4, -0.2) is 29.1 Å². The molecule has 0 radical (unpaired) electrons. The molecule has 0 unspecified atom stereocenters. The van der Waals surface area contributed by atoms with Gasteiger partial charge < -0.3 is 4.42 Å². The first kappa shape index (κ1) is 12.0. The summed E-state index contributed by atoms with van der Waals surface area (Å²) in [6.45, 7) is 5.22. The molecule has 17 heavy (non-hydrogen) atoms. The molecule has 0 N–H and O–H groups in total. The van der Waals surface area contributed by atoms with Crippen molar-refractivity contribution in [1.82, 2.24) is 4.90 Å². The van der Waals surface area contributed by atoms with E-state index >= 15 is 0 Å². The van der Waals surface area contributed by atoms with Gasteiger partial charge in [-0.2, -0.15) is 0 Å². The average Bonchev–Trinajstić information content (AvgIpc) is 2.90. The average molecular weight is 250 g/mol. The minimum absolute atomic E-state index is 0.00102. The van der Waals surface area contributed by atoms with Gasteiger partial charge in [-0.25, -0.2) is 0 Å². The highest BCUT2D eigenvalue weighted by Crippen LogP contribution is 2.32. The molecule has 0 saturated carbocycles. The van der Waals surface area contributed by atoms with E-state index < -0.39 is 0 Å². The molecule has 2 rings (SSSR count). The summed E-state index contributed by atoms with van der Waals surface area (Å²) in [7, 11) is 0. The van der Waals surface area contributed by atoms with Crippen LogP contribution in [0, 0.1) is 0 Å². The molecule has 0 spiro atoms. The van der Waals surface area contributed by atoms with Crippen LogP contribution in [0.5, 0.6) is 0 Å². The van der Waals surface area contributed by atoms with E-state index in [-0.39, 0.29) is 5.91 Å². The van der Waals surface area contributed by atoms with Crippen LogP contribution in [0.4, 0.5) is 0 Å². The van der Waals surface area contributed by atoms with Gasteiger partial charge in [-0.05, 0) is 37.7 Å². The number of likely N-dealkylation sites (N-methyl/N-ethyl adjacent to an activating group) is 1. The van der Waals surface area contributed by atoms with Gasteiger partial charge >= 0.3 is 0 Å². The first-order valence-corrected chi connectivity index (χ1v) is 6.37. The predicted octanol–water partition coefficient (Wildman–Crippen LogP) is 2.59. The van der Waals surface area contributed by atoms with E-state index in [0.717, 1.165) is 5.17 Å². The Hall–Kier alpha value is -1.49. The molecule has 4 nitrogen and oxygen atoms in total. The van der Waals surface area contributed by atoms with E-state index in [1.54, 1.807) is 23.3 Å². The molecule has 0 atom stereocenters. The van der Waals surface area contributed by atoms with E-state index in [1.165, 1.54) is 11.8 Å². The quantitative estimate of drug-likeness (QED) is 0.775. The summed E-state index contributed by atoms with van der Waals surface area (Å²) in [5.74, 6) is 0.691. The van der Waals surface area contributed by atoms with E-state index in [4.69, 9.17) is 4.42 Å². The van der Waals surface area contributed by atoms with Crippen molar-refractivity contribution >= 4 is 28.9 Å². The largest absolute Gasteiger partial charge is 0.465 e. The van der Waals surface area contributed by atoms with Crippen molar-refractivity contribution < 1.29 is 9.21 Å². The van der Waals surface area contributed by atoms with Gasteiger partial charge in [-0.3, -0.25) is 14.7 Å². The van der Waals surface area contributed by atoms with Crippen molar-refractivity contribution in [3.63, 3.8) is 0 Å². The van der Waals surface area contributed by atoms with Crippen LogP contribution in [0.2, 0.25) is 0 Å². The molecule has 1 aromatic rings. The first-order valence-electron chi connectivity index (χ1n) is 5.55. The number of amidine groups is 1. The minimum atomic E-state index is 0.00102. The van der Waals surface area contributed by atoms with Crippen molar-refractivity contribution in [2.24, 2.45) is 4.99 Å². The Labute approximate surface area is 104 Å². The first-order chi connectivity index (χ1) is 8.26. The third-order valence-corrected chi connectivity index (χ3v) is 3.36. The zero-order valence-corrected chi connectivity index (χ0v) is 10.7. The minimum Gasteiger partial charge on any atom is -0.465 e. The lowest BCUT2D eigenvalue weighted by Gasteiger charge is -2.11. The van der Waals surface area contributed by atoms with Crippen molar-refractivity contribution in [2.45, 2.75) is 13.8 Å². The second-order valence-corrected chi connectivity index (χ2v) is 4.44. The summed E-state index contributed by atoms with van der Waals surface area (Å²) in [5, 5.41) is 0.776. The molecular formula is C12H14N2O2S. The van der Waals surface area contributed by atoms with Crippen molar-refractivity contribution in [1.29, 1.82) is 0 Å². The summed E-state index contributed by atoms with van der Waals surface area (Å²) < 4.78 is 5.21. The van der Waals surface area contributed by atoms with Gasteiger partial charge in [-0.1, -0.05) is 0 Å². The van der Waals surface area contributed by atoms with E-state index in [0.29, 0.717) is 23.8 Å². The number of hydrogen-bond acceptors (Lipinski definition) is 4. The van der Waals surface area contributed by atoms with Gasteiger partial charge in [0, 0.05) is 19.2 Å². The molecule has 1 aromatic heterocycles. The summed E-state index contributed by atoms with van der Waals surface area (Å²) in [6, 6.07) is 3.63. The van der Waals surface area contributed by atoms with Crippen LogP contribution < -0.4 is 0 Å². The van der Waals surface area contributed by atoms with Crippen LogP contribution in [-0.2, 0) is 4.79 Å². The maximum atomic E-state index is 12.1. The molecular weight excluding hydrogens is 236 g/mol. The summed E-state index contributed by atoms with van der Waals surface area (Å²) in [4.78, 5) is 18.7. The predicted molar refractivity (Wildman–Crippen MR) is 69.6 cm³/mol. The van der Waals surface area contributed by atoms with Crippen LogP contribution >= 0.6 is 11.8 Å². The van der Waals surface area contributed by atoms with E-state index in [1.807, 2.05) is 19.9 Å². The number of carbonyl (C=O) groups excluding carboxylic acids is 1. The van der Waals surface area contributed by atoms with E-state index in [9.17, 15) is 4.79 Å². The number of amides is 1. The van der Waals surface area contributed by atoms with Crippen LogP contribution in [0.3, 0.4) is 0 Å². The number of carbonyl (C=O) groups is 1. The SMILES string of the molecule is CCN=C1S/C(=C/c2ccco2)C(=O)N1CC. The second-order valence-electron chi connectivity index (χ2n) is 3.43. The molecule has 5 heteroatoms. The maximum Gasteiger partial charge on any atom is 0.266 e. The molecule has 0 aliphatic carbocycles. The molecule has 1 amide bonds. The summed E-state index contributed by atoms with van der Waals surface area (Å²) >= 11 is 1.40. The van der Waals surface area contributed by atoms with Gasteiger partial charge in [0.05, 0.1) is 11.2 Å². The Kier molecular flexibility index (Phi) is 3.68. The maximum absolute atomic E-state index is 12.1. The zero-order valence-electron chi connectivity index (χ0n) is 9.84.